The fraction of sp³-hybridized carbons (Fsp3) is 0.167. The lowest BCUT2D eigenvalue weighted by Gasteiger charge is -2.06. The number of benzene rings is 1. The van der Waals surface area contributed by atoms with E-state index in [-0.39, 0.29) is 5.88 Å². The summed E-state index contributed by atoms with van der Waals surface area (Å²) in [5, 5.41) is 5.95. The van der Waals surface area contributed by atoms with Crippen LogP contribution in [-0.2, 0) is 0 Å². The Morgan fingerprint density at radius 3 is 2.63 bits per heavy atom. The Bertz CT molecular complexity index is 653. The van der Waals surface area contributed by atoms with E-state index in [1.54, 1.807) is 13.8 Å². The van der Waals surface area contributed by atoms with Crippen molar-refractivity contribution in [2.75, 3.05) is 11.1 Å². The fourth-order valence-corrected chi connectivity index (χ4v) is 1.48. The van der Waals surface area contributed by atoms with Gasteiger partial charge in [0.1, 0.15) is 5.82 Å². The Hall–Kier alpha value is -2.44. The molecule has 0 radical (unpaired) electrons. The van der Waals surface area contributed by atoms with E-state index in [2.05, 4.69) is 10.5 Å². The van der Waals surface area contributed by atoms with Gasteiger partial charge in [0.15, 0.2) is 5.82 Å². The van der Waals surface area contributed by atoms with E-state index >= 15 is 0 Å². The highest BCUT2D eigenvalue weighted by Gasteiger charge is 2.19. The Kier molecular flexibility index (Phi) is 3.20. The van der Waals surface area contributed by atoms with E-state index in [1.165, 1.54) is 0 Å². The third kappa shape index (κ3) is 2.40. The lowest BCUT2D eigenvalue weighted by molar-refractivity contribution is 0.101. The van der Waals surface area contributed by atoms with Crippen molar-refractivity contribution in [1.29, 1.82) is 0 Å². The molecule has 0 unspecified atom stereocenters. The van der Waals surface area contributed by atoms with Crippen LogP contribution in [-0.4, -0.2) is 11.1 Å². The van der Waals surface area contributed by atoms with Gasteiger partial charge in [-0.25, -0.2) is 8.78 Å². The van der Waals surface area contributed by atoms with E-state index in [0.29, 0.717) is 11.3 Å². The van der Waals surface area contributed by atoms with Gasteiger partial charge in [-0.15, -0.1) is 0 Å². The number of aryl methyl sites for hydroxylation is 1. The smallest absolute Gasteiger partial charge is 0.261 e. The number of aromatic nitrogens is 1. The number of rotatable bonds is 2. The van der Waals surface area contributed by atoms with Gasteiger partial charge >= 0.3 is 0 Å². The van der Waals surface area contributed by atoms with Gasteiger partial charge in [-0.2, -0.15) is 0 Å². The minimum Gasteiger partial charge on any atom is -0.396 e. The molecule has 0 aliphatic heterocycles. The largest absolute Gasteiger partial charge is 0.396 e. The third-order valence-electron chi connectivity index (χ3n) is 2.69. The number of hydrogen-bond acceptors (Lipinski definition) is 4. The number of nitrogens with one attached hydrogen (secondary N) is 1. The van der Waals surface area contributed by atoms with Crippen molar-refractivity contribution in [1.82, 2.24) is 5.16 Å². The molecule has 2 rings (SSSR count). The molecular weight excluding hydrogens is 256 g/mol. The number of halogens is 2. The highest BCUT2D eigenvalue weighted by molar-refractivity contribution is 6.04. The third-order valence-corrected chi connectivity index (χ3v) is 2.69. The topological polar surface area (TPSA) is 81.2 Å². The highest BCUT2D eigenvalue weighted by atomic mass is 19.1. The Morgan fingerprint density at radius 1 is 1.37 bits per heavy atom. The van der Waals surface area contributed by atoms with Crippen LogP contribution in [0, 0.1) is 25.5 Å². The van der Waals surface area contributed by atoms with Crippen LogP contribution in [0.5, 0.6) is 0 Å². The maximum atomic E-state index is 13.6. The second-order valence-electron chi connectivity index (χ2n) is 4.03. The molecule has 0 atom stereocenters. The molecule has 7 heteroatoms. The number of hydrogen-bond donors (Lipinski definition) is 2. The summed E-state index contributed by atoms with van der Waals surface area (Å²) < 4.78 is 31.6. The van der Waals surface area contributed by atoms with Crippen molar-refractivity contribution in [3.8, 4) is 0 Å². The quantitative estimate of drug-likeness (QED) is 0.819. The second kappa shape index (κ2) is 4.68. The molecule has 0 aliphatic rings. The van der Waals surface area contributed by atoms with E-state index < -0.39 is 28.8 Å². The second-order valence-corrected chi connectivity index (χ2v) is 4.03. The molecule has 100 valence electrons. The van der Waals surface area contributed by atoms with Gasteiger partial charge in [0.05, 0.1) is 16.9 Å². The molecule has 5 nitrogen and oxygen atoms in total. The van der Waals surface area contributed by atoms with E-state index in [4.69, 9.17) is 10.3 Å². The number of carbonyl (C=O) groups is 1. The van der Waals surface area contributed by atoms with Crippen molar-refractivity contribution in [2.24, 2.45) is 0 Å². The zero-order valence-corrected chi connectivity index (χ0v) is 10.3. The predicted molar refractivity (Wildman–Crippen MR) is 64.7 cm³/mol. The van der Waals surface area contributed by atoms with E-state index in [9.17, 15) is 13.6 Å². The first kappa shape index (κ1) is 13.0. The Balaban J connectivity index is 2.33. The lowest BCUT2D eigenvalue weighted by atomic mass is 10.1. The van der Waals surface area contributed by atoms with Crippen molar-refractivity contribution >= 4 is 17.5 Å². The zero-order chi connectivity index (χ0) is 14.2. The standard InChI is InChI=1S/C12H11F2N3O2/c1-5-6(2)17-19-12(5)16-11(18)8-3-7(13)4-9(15)10(8)14/h3-4H,15H2,1-2H3,(H,16,18). The summed E-state index contributed by atoms with van der Waals surface area (Å²) >= 11 is 0. The number of nitrogen functional groups attached to an aromatic ring is 1. The maximum Gasteiger partial charge on any atom is 0.261 e. The Morgan fingerprint density at radius 2 is 2.05 bits per heavy atom. The number of amides is 1. The lowest BCUT2D eigenvalue weighted by Crippen LogP contribution is -2.15. The predicted octanol–water partition coefficient (Wildman–Crippen LogP) is 2.40. The molecule has 0 bridgehead atoms. The molecule has 0 fully saturated rings. The highest BCUT2D eigenvalue weighted by Crippen LogP contribution is 2.21. The molecule has 1 aromatic heterocycles. The number of nitrogens with two attached hydrogens (primary N) is 1. The summed E-state index contributed by atoms with van der Waals surface area (Å²) in [4.78, 5) is 11.8. The first-order chi connectivity index (χ1) is 8.90. The van der Waals surface area contributed by atoms with Gasteiger partial charge in [0, 0.05) is 5.56 Å². The van der Waals surface area contributed by atoms with Gasteiger partial charge in [-0.1, -0.05) is 5.16 Å². The average Bonchev–Trinajstić information content (AvgIpc) is 2.65. The zero-order valence-electron chi connectivity index (χ0n) is 10.3. The van der Waals surface area contributed by atoms with Crippen molar-refractivity contribution in [3.63, 3.8) is 0 Å². The van der Waals surface area contributed by atoms with Crippen LogP contribution in [0.25, 0.3) is 0 Å². The summed E-state index contributed by atoms with van der Waals surface area (Å²) in [5.74, 6) is -2.55. The Labute approximate surface area is 107 Å². The van der Waals surface area contributed by atoms with Crippen LogP contribution in [0.2, 0.25) is 0 Å². The molecule has 1 aromatic carbocycles. The van der Waals surface area contributed by atoms with Gasteiger partial charge in [-0.3, -0.25) is 10.1 Å². The normalized spacial score (nSPS) is 10.5. The van der Waals surface area contributed by atoms with E-state index in [0.717, 1.165) is 12.1 Å². The van der Waals surface area contributed by atoms with Crippen LogP contribution in [0.4, 0.5) is 20.4 Å². The first-order valence-corrected chi connectivity index (χ1v) is 5.39. The van der Waals surface area contributed by atoms with Gasteiger partial charge in [0.2, 0.25) is 5.88 Å². The molecule has 2 aromatic rings. The summed E-state index contributed by atoms with van der Waals surface area (Å²) in [7, 11) is 0. The average molecular weight is 267 g/mol. The van der Waals surface area contributed by atoms with Crippen LogP contribution >= 0.6 is 0 Å². The van der Waals surface area contributed by atoms with Gasteiger partial charge in [-0.05, 0) is 26.0 Å². The molecule has 0 spiro atoms. The summed E-state index contributed by atoms with van der Waals surface area (Å²) in [6, 6.07) is 1.57. The van der Waals surface area contributed by atoms with Crippen LogP contribution in [0.3, 0.4) is 0 Å². The van der Waals surface area contributed by atoms with Crippen LogP contribution in [0.1, 0.15) is 21.6 Å². The van der Waals surface area contributed by atoms with Crippen molar-refractivity contribution in [2.45, 2.75) is 13.8 Å². The van der Waals surface area contributed by atoms with E-state index in [1.807, 2.05) is 0 Å². The number of anilines is 2. The first-order valence-electron chi connectivity index (χ1n) is 5.39. The van der Waals surface area contributed by atoms with Crippen molar-refractivity contribution in [3.05, 3.63) is 40.6 Å². The van der Waals surface area contributed by atoms with Crippen molar-refractivity contribution < 1.29 is 18.1 Å². The number of nitrogens with zero attached hydrogens (tertiary/aromatic N) is 1. The molecular formula is C12H11F2N3O2. The monoisotopic (exact) mass is 267 g/mol. The molecule has 3 N–H and O–H groups in total. The molecule has 0 aliphatic carbocycles. The summed E-state index contributed by atoms with van der Waals surface area (Å²) in [5.41, 5.74) is 5.53. The summed E-state index contributed by atoms with van der Waals surface area (Å²) in [6.07, 6.45) is 0. The minimum atomic E-state index is -0.979. The summed E-state index contributed by atoms with van der Waals surface area (Å²) in [6.45, 7) is 3.37. The molecule has 19 heavy (non-hydrogen) atoms. The van der Waals surface area contributed by atoms with Gasteiger partial charge < -0.3 is 10.3 Å². The minimum absolute atomic E-state index is 0.0877. The molecule has 0 saturated heterocycles. The SMILES string of the molecule is Cc1noc(NC(=O)c2cc(F)cc(N)c2F)c1C. The molecule has 1 amide bonds. The molecule has 1 heterocycles. The molecule has 0 saturated carbocycles. The van der Waals surface area contributed by atoms with Crippen LogP contribution in [0.15, 0.2) is 16.7 Å². The van der Waals surface area contributed by atoms with Gasteiger partial charge in [0.25, 0.3) is 5.91 Å². The maximum absolute atomic E-state index is 13.6. The number of carbonyl (C=O) groups excluding carboxylic acids is 1. The fourth-order valence-electron chi connectivity index (χ4n) is 1.48. The van der Waals surface area contributed by atoms with Crippen LogP contribution < -0.4 is 11.1 Å².